The number of hydrogen-bond acceptors (Lipinski definition) is 2. The third-order valence-corrected chi connectivity index (χ3v) is 3.61. The van der Waals surface area contributed by atoms with Gasteiger partial charge in [0.2, 0.25) is 5.91 Å². The molecule has 5 heteroatoms. The van der Waals surface area contributed by atoms with E-state index in [1.807, 2.05) is 24.0 Å². The van der Waals surface area contributed by atoms with Crippen LogP contribution in [0, 0.1) is 0 Å². The predicted molar refractivity (Wildman–Crippen MR) is 69.3 cm³/mol. The molecule has 1 aliphatic rings. The lowest BCUT2D eigenvalue weighted by molar-refractivity contribution is -0.135. The van der Waals surface area contributed by atoms with Crippen LogP contribution in [0.3, 0.4) is 0 Å². The number of nitrogens with one attached hydrogen (secondary N) is 1. The second kappa shape index (κ2) is 5.25. The quantitative estimate of drug-likeness (QED) is 0.896. The highest BCUT2D eigenvalue weighted by Crippen LogP contribution is 2.23. The fraction of sp³-hybridized carbons (Fsp3) is 0.417. The van der Waals surface area contributed by atoms with Gasteiger partial charge in [-0.15, -0.1) is 0 Å². The molecule has 1 heterocycles. The molecule has 0 aliphatic carbocycles. The molecule has 0 aromatic heterocycles. The molecule has 1 amide bonds. The summed E-state index contributed by atoms with van der Waals surface area (Å²) < 4.78 is 0. The molecule has 1 atom stereocenters. The predicted octanol–water partition coefficient (Wildman–Crippen LogP) is 2.31. The second-order valence-electron chi connectivity index (χ2n) is 4.18. The molecule has 1 aromatic carbocycles. The van der Waals surface area contributed by atoms with E-state index < -0.39 is 0 Å². The van der Waals surface area contributed by atoms with E-state index in [0.29, 0.717) is 16.6 Å². The zero-order chi connectivity index (χ0) is 12.4. The molecule has 1 fully saturated rings. The summed E-state index contributed by atoms with van der Waals surface area (Å²) in [6.07, 6.45) is 0. The maximum absolute atomic E-state index is 11.9. The van der Waals surface area contributed by atoms with Gasteiger partial charge in [-0.25, -0.2) is 0 Å². The lowest BCUT2D eigenvalue weighted by atomic mass is 10.1. The summed E-state index contributed by atoms with van der Waals surface area (Å²) in [5, 5.41) is 4.19. The highest BCUT2D eigenvalue weighted by atomic mass is 35.5. The Morgan fingerprint density at radius 3 is 2.88 bits per heavy atom. The van der Waals surface area contributed by atoms with Crippen molar-refractivity contribution in [1.29, 1.82) is 0 Å². The van der Waals surface area contributed by atoms with Gasteiger partial charge in [-0.05, 0) is 24.6 Å². The van der Waals surface area contributed by atoms with Gasteiger partial charge in [-0.1, -0.05) is 29.3 Å². The van der Waals surface area contributed by atoms with E-state index in [1.54, 1.807) is 6.07 Å². The van der Waals surface area contributed by atoms with Crippen LogP contribution in [-0.2, 0) is 11.3 Å². The Morgan fingerprint density at radius 1 is 1.41 bits per heavy atom. The minimum absolute atomic E-state index is 0.105. The standard InChI is InChI=1S/C12H14Cl2N2O/c1-8-12(17)16(5-4-15-8)7-9-2-3-10(13)11(14)6-9/h2-3,6,8,15H,4-5,7H2,1H3. The smallest absolute Gasteiger partial charge is 0.239 e. The molecule has 0 saturated carbocycles. The molecule has 1 unspecified atom stereocenters. The molecular formula is C12H14Cl2N2O. The van der Waals surface area contributed by atoms with Crippen molar-refractivity contribution in [1.82, 2.24) is 10.2 Å². The summed E-state index contributed by atoms with van der Waals surface area (Å²) >= 11 is 11.8. The molecule has 1 N–H and O–H groups in total. The zero-order valence-corrected chi connectivity index (χ0v) is 11.1. The number of hydrogen-bond donors (Lipinski definition) is 1. The highest BCUT2D eigenvalue weighted by molar-refractivity contribution is 6.42. The number of benzene rings is 1. The summed E-state index contributed by atoms with van der Waals surface area (Å²) in [7, 11) is 0. The Hall–Kier alpha value is -0.770. The number of rotatable bonds is 2. The van der Waals surface area contributed by atoms with Crippen molar-refractivity contribution in [3.05, 3.63) is 33.8 Å². The van der Waals surface area contributed by atoms with Crippen LogP contribution < -0.4 is 5.32 Å². The minimum atomic E-state index is -0.105. The van der Waals surface area contributed by atoms with Crippen molar-refractivity contribution < 1.29 is 4.79 Å². The van der Waals surface area contributed by atoms with Gasteiger partial charge < -0.3 is 10.2 Å². The van der Waals surface area contributed by atoms with Crippen LogP contribution in [0.25, 0.3) is 0 Å². The summed E-state index contributed by atoms with van der Waals surface area (Å²) in [5.74, 6) is 0.127. The first kappa shape index (κ1) is 12.7. The number of carbonyl (C=O) groups excluding carboxylic acids is 1. The van der Waals surface area contributed by atoms with E-state index in [1.165, 1.54) is 0 Å². The molecule has 0 spiro atoms. The van der Waals surface area contributed by atoms with Crippen LogP contribution in [0.15, 0.2) is 18.2 Å². The second-order valence-corrected chi connectivity index (χ2v) is 5.00. The third kappa shape index (κ3) is 2.92. The molecular weight excluding hydrogens is 259 g/mol. The first-order valence-electron chi connectivity index (χ1n) is 5.54. The fourth-order valence-electron chi connectivity index (χ4n) is 1.90. The SMILES string of the molecule is CC1NCCN(Cc2ccc(Cl)c(Cl)c2)C1=O. The van der Waals surface area contributed by atoms with E-state index in [-0.39, 0.29) is 11.9 Å². The van der Waals surface area contributed by atoms with Crippen molar-refractivity contribution >= 4 is 29.1 Å². The Labute approximate surface area is 111 Å². The molecule has 17 heavy (non-hydrogen) atoms. The number of halogens is 2. The van der Waals surface area contributed by atoms with Crippen LogP contribution >= 0.6 is 23.2 Å². The topological polar surface area (TPSA) is 32.3 Å². The maximum atomic E-state index is 11.9. The van der Waals surface area contributed by atoms with Crippen molar-refractivity contribution in [3.63, 3.8) is 0 Å². The first-order chi connectivity index (χ1) is 8.08. The lowest BCUT2D eigenvalue weighted by Gasteiger charge is -2.31. The molecule has 1 aromatic rings. The highest BCUT2D eigenvalue weighted by Gasteiger charge is 2.24. The summed E-state index contributed by atoms with van der Waals surface area (Å²) in [6, 6.07) is 5.36. The first-order valence-corrected chi connectivity index (χ1v) is 6.29. The summed E-state index contributed by atoms with van der Waals surface area (Å²) in [6.45, 7) is 4.02. The van der Waals surface area contributed by atoms with Gasteiger partial charge in [-0.3, -0.25) is 4.79 Å². The molecule has 0 bridgehead atoms. The lowest BCUT2D eigenvalue weighted by Crippen LogP contribution is -2.53. The average Bonchev–Trinajstić information content (AvgIpc) is 2.30. The number of amides is 1. The van der Waals surface area contributed by atoms with E-state index in [4.69, 9.17) is 23.2 Å². The van der Waals surface area contributed by atoms with Crippen LogP contribution in [0.2, 0.25) is 10.0 Å². The Bertz CT molecular complexity index is 437. The molecule has 0 radical (unpaired) electrons. The van der Waals surface area contributed by atoms with E-state index in [9.17, 15) is 4.79 Å². The number of carbonyl (C=O) groups is 1. The molecule has 2 rings (SSSR count). The van der Waals surface area contributed by atoms with Gasteiger partial charge in [0.05, 0.1) is 16.1 Å². The largest absolute Gasteiger partial charge is 0.336 e. The van der Waals surface area contributed by atoms with Crippen LogP contribution in [0.5, 0.6) is 0 Å². The third-order valence-electron chi connectivity index (χ3n) is 2.87. The zero-order valence-electron chi connectivity index (χ0n) is 9.54. The average molecular weight is 273 g/mol. The molecule has 1 aliphatic heterocycles. The fourth-order valence-corrected chi connectivity index (χ4v) is 2.22. The van der Waals surface area contributed by atoms with Gasteiger partial charge in [-0.2, -0.15) is 0 Å². The van der Waals surface area contributed by atoms with Crippen LogP contribution in [0.4, 0.5) is 0 Å². The normalized spacial score (nSPS) is 20.8. The van der Waals surface area contributed by atoms with Crippen molar-refractivity contribution in [2.45, 2.75) is 19.5 Å². The number of nitrogens with zero attached hydrogens (tertiary/aromatic N) is 1. The summed E-state index contributed by atoms with van der Waals surface area (Å²) in [4.78, 5) is 13.7. The van der Waals surface area contributed by atoms with Crippen molar-refractivity contribution in [2.75, 3.05) is 13.1 Å². The summed E-state index contributed by atoms with van der Waals surface area (Å²) in [5.41, 5.74) is 1.00. The molecule has 92 valence electrons. The number of piperazine rings is 1. The van der Waals surface area contributed by atoms with E-state index >= 15 is 0 Å². The Balaban J connectivity index is 2.09. The van der Waals surface area contributed by atoms with Gasteiger partial charge in [0.15, 0.2) is 0 Å². The van der Waals surface area contributed by atoms with Gasteiger partial charge in [0.1, 0.15) is 0 Å². The van der Waals surface area contributed by atoms with Gasteiger partial charge >= 0.3 is 0 Å². The van der Waals surface area contributed by atoms with Gasteiger partial charge in [0, 0.05) is 19.6 Å². The minimum Gasteiger partial charge on any atom is -0.336 e. The van der Waals surface area contributed by atoms with Crippen molar-refractivity contribution in [3.8, 4) is 0 Å². The monoisotopic (exact) mass is 272 g/mol. The van der Waals surface area contributed by atoms with Crippen LogP contribution in [0.1, 0.15) is 12.5 Å². The maximum Gasteiger partial charge on any atom is 0.239 e. The Kier molecular flexibility index (Phi) is 3.92. The molecule has 1 saturated heterocycles. The van der Waals surface area contributed by atoms with E-state index in [0.717, 1.165) is 18.7 Å². The Morgan fingerprint density at radius 2 is 2.18 bits per heavy atom. The van der Waals surface area contributed by atoms with Crippen LogP contribution in [-0.4, -0.2) is 29.9 Å². The van der Waals surface area contributed by atoms with E-state index in [2.05, 4.69) is 5.32 Å². The molecule has 3 nitrogen and oxygen atoms in total. The van der Waals surface area contributed by atoms with Gasteiger partial charge in [0.25, 0.3) is 0 Å². The van der Waals surface area contributed by atoms with Crippen molar-refractivity contribution in [2.24, 2.45) is 0 Å².